The summed E-state index contributed by atoms with van der Waals surface area (Å²) in [6.45, 7) is 3.48. The summed E-state index contributed by atoms with van der Waals surface area (Å²) < 4.78 is 13.7. The van der Waals surface area contributed by atoms with Crippen LogP contribution in [-0.2, 0) is 18.4 Å². The van der Waals surface area contributed by atoms with E-state index in [0.717, 1.165) is 54.8 Å². The van der Waals surface area contributed by atoms with Crippen molar-refractivity contribution in [3.05, 3.63) is 75.6 Å². The Bertz CT molecular complexity index is 1520. The Morgan fingerprint density at radius 1 is 1.12 bits per heavy atom. The van der Waals surface area contributed by atoms with Crippen molar-refractivity contribution in [2.24, 2.45) is 7.05 Å². The van der Waals surface area contributed by atoms with E-state index in [4.69, 9.17) is 32.5 Å². The van der Waals surface area contributed by atoms with Gasteiger partial charge in [0.25, 0.3) is 0 Å². The van der Waals surface area contributed by atoms with Crippen molar-refractivity contribution >= 4 is 34.9 Å². The van der Waals surface area contributed by atoms with Crippen molar-refractivity contribution in [1.29, 1.82) is 0 Å². The molecule has 2 atom stereocenters. The summed E-state index contributed by atoms with van der Waals surface area (Å²) in [6.07, 6.45) is 4.06. The predicted octanol–water partition coefficient (Wildman–Crippen LogP) is 7.20. The summed E-state index contributed by atoms with van der Waals surface area (Å²) in [7, 11) is 1.64. The zero-order valence-corrected chi connectivity index (χ0v) is 23.8. The van der Waals surface area contributed by atoms with Crippen LogP contribution in [0.25, 0.3) is 22.5 Å². The van der Waals surface area contributed by atoms with Gasteiger partial charge < -0.3 is 19.3 Å². The third-order valence-corrected chi connectivity index (χ3v) is 8.48. The first-order chi connectivity index (χ1) is 19.3. The number of benzene rings is 2. The summed E-state index contributed by atoms with van der Waals surface area (Å²) in [5, 5.41) is 19.1. The Kier molecular flexibility index (Phi) is 7.33. The smallest absolute Gasteiger partial charge is 0.354 e. The third-order valence-electron chi connectivity index (χ3n) is 7.85. The molecular weight excluding hydrogens is 551 g/mol. The molecule has 2 aromatic carbocycles. The molecule has 1 aliphatic heterocycles. The third kappa shape index (κ3) is 5.23. The van der Waals surface area contributed by atoms with Crippen LogP contribution >= 0.6 is 23.2 Å². The molecule has 10 heteroatoms. The van der Waals surface area contributed by atoms with E-state index in [9.17, 15) is 9.90 Å². The SMILES string of the molecule is C[C@@H]1C[C@H](OCc2c(-c3c(Cl)cccc3Cl)noc2C2CC2)CCN1c1ccc(-c2cc(C(=O)O)n(C)n2)cc1. The van der Waals surface area contributed by atoms with Gasteiger partial charge in [-0.25, -0.2) is 4.79 Å². The molecule has 1 N–H and O–H groups in total. The molecule has 3 heterocycles. The van der Waals surface area contributed by atoms with Crippen LogP contribution in [0.15, 0.2) is 53.1 Å². The highest BCUT2D eigenvalue weighted by Gasteiger charge is 2.34. The number of aryl methyl sites for hydroxylation is 1. The van der Waals surface area contributed by atoms with Gasteiger partial charge >= 0.3 is 5.97 Å². The number of nitrogens with zero attached hydrogens (tertiary/aromatic N) is 4. The Morgan fingerprint density at radius 2 is 1.85 bits per heavy atom. The first-order valence-corrected chi connectivity index (χ1v) is 14.2. The van der Waals surface area contributed by atoms with E-state index in [-0.39, 0.29) is 17.8 Å². The molecule has 2 aliphatic rings. The van der Waals surface area contributed by atoms with Crippen molar-refractivity contribution in [2.75, 3.05) is 11.4 Å². The lowest BCUT2D eigenvalue weighted by Crippen LogP contribution is -2.43. The summed E-state index contributed by atoms with van der Waals surface area (Å²) in [4.78, 5) is 13.7. The minimum absolute atomic E-state index is 0.102. The van der Waals surface area contributed by atoms with Crippen molar-refractivity contribution in [3.8, 4) is 22.5 Å². The van der Waals surface area contributed by atoms with Crippen LogP contribution in [-0.4, -0.2) is 44.7 Å². The lowest BCUT2D eigenvalue weighted by atomic mass is 9.99. The number of anilines is 1. The average molecular weight is 582 g/mol. The molecule has 4 aromatic rings. The molecule has 40 heavy (non-hydrogen) atoms. The second-order valence-electron chi connectivity index (χ2n) is 10.6. The van der Waals surface area contributed by atoms with Gasteiger partial charge in [0.2, 0.25) is 0 Å². The second-order valence-corrected chi connectivity index (χ2v) is 11.4. The van der Waals surface area contributed by atoms with Crippen LogP contribution in [0.2, 0.25) is 10.0 Å². The molecule has 2 fully saturated rings. The molecule has 0 amide bonds. The van der Waals surface area contributed by atoms with Gasteiger partial charge in [-0.2, -0.15) is 5.10 Å². The highest BCUT2D eigenvalue weighted by molar-refractivity contribution is 6.39. The minimum atomic E-state index is -0.992. The summed E-state index contributed by atoms with van der Waals surface area (Å²) >= 11 is 13.0. The summed E-state index contributed by atoms with van der Waals surface area (Å²) in [6, 6.07) is 15.4. The molecule has 0 unspecified atom stereocenters. The number of halogens is 2. The van der Waals surface area contributed by atoms with E-state index >= 15 is 0 Å². The average Bonchev–Trinajstić information content (AvgIpc) is 3.57. The molecule has 1 saturated heterocycles. The van der Waals surface area contributed by atoms with E-state index in [2.05, 4.69) is 34.2 Å². The zero-order chi connectivity index (χ0) is 28.0. The van der Waals surface area contributed by atoms with E-state index in [1.165, 1.54) is 4.68 Å². The predicted molar refractivity (Wildman–Crippen MR) is 154 cm³/mol. The normalized spacial score (nSPS) is 19.2. The monoisotopic (exact) mass is 580 g/mol. The molecule has 8 nitrogen and oxygen atoms in total. The number of piperidine rings is 1. The summed E-state index contributed by atoms with van der Waals surface area (Å²) in [5.41, 5.74) is 5.12. The number of rotatable bonds is 8. The van der Waals surface area contributed by atoms with Crippen LogP contribution in [0.1, 0.15) is 60.3 Å². The first-order valence-electron chi connectivity index (χ1n) is 13.5. The zero-order valence-electron chi connectivity index (χ0n) is 22.3. The van der Waals surface area contributed by atoms with Crippen LogP contribution in [0.5, 0.6) is 0 Å². The Balaban J connectivity index is 1.13. The molecule has 6 rings (SSSR count). The number of ether oxygens (including phenoxy) is 1. The van der Waals surface area contributed by atoms with Gasteiger partial charge in [-0.15, -0.1) is 0 Å². The van der Waals surface area contributed by atoms with Crippen LogP contribution < -0.4 is 4.90 Å². The van der Waals surface area contributed by atoms with Gasteiger partial charge in [-0.3, -0.25) is 4.68 Å². The van der Waals surface area contributed by atoms with Gasteiger partial charge in [-0.1, -0.05) is 46.6 Å². The lowest BCUT2D eigenvalue weighted by molar-refractivity contribution is 0.0175. The van der Waals surface area contributed by atoms with Gasteiger partial charge in [0, 0.05) is 47.9 Å². The van der Waals surface area contributed by atoms with Gasteiger partial charge in [0.1, 0.15) is 17.1 Å². The standard InChI is InChI=1S/C30H30Cl2N4O4/c1-17-14-21(12-13-36(17)20-10-8-18(9-11-20)25-15-26(30(37)38)35(2)33-25)39-16-22-28(34-40-29(22)19-6-7-19)27-23(31)4-3-5-24(27)32/h3-5,8-11,15,17,19,21H,6-7,12-14,16H2,1-2H3,(H,37,38)/t17-,21-/m1/s1. The van der Waals surface area contributed by atoms with Gasteiger partial charge in [-0.05, 0) is 62.9 Å². The van der Waals surface area contributed by atoms with E-state index in [1.807, 2.05) is 30.3 Å². The number of aromatic nitrogens is 3. The number of hydrogen-bond donors (Lipinski definition) is 1. The lowest BCUT2D eigenvalue weighted by Gasteiger charge is -2.39. The number of hydrogen-bond acceptors (Lipinski definition) is 6. The topological polar surface area (TPSA) is 93.6 Å². The quantitative estimate of drug-likeness (QED) is 0.235. The molecule has 0 bridgehead atoms. The van der Waals surface area contributed by atoms with E-state index < -0.39 is 5.97 Å². The fourth-order valence-corrected chi connectivity index (χ4v) is 6.12. The number of carboxylic acids is 1. The maximum Gasteiger partial charge on any atom is 0.354 e. The van der Waals surface area contributed by atoms with Gasteiger partial charge in [0.15, 0.2) is 0 Å². The number of carboxylic acid groups (broad SMARTS) is 1. The maximum atomic E-state index is 11.4. The molecule has 2 aromatic heterocycles. The van der Waals surface area contributed by atoms with Crippen LogP contribution in [0.4, 0.5) is 5.69 Å². The maximum absolute atomic E-state index is 11.4. The van der Waals surface area contributed by atoms with E-state index in [1.54, 1.807) is 13.1 Å². The number of aromatic carboxylic acids is 1. The second kappa shape index (κ2) is 10.9. The Hall–Kier alpha value is -3.33. The fourth-order valence-electron chi connectivity index (χ4n) is 5.55. The highest BCUT2D eigenvalue weighted by Crippen LogP contribution is 2.46. The van der Waals surface area contributed by atoms with Crippen LogP contribution in [0, 0.1) is 0 Å². The van der Waals surface area contributed by atoms with Crippen LogP contribution in [0.3, 0.4) is 0 Å². The van der Waals surface area contributed by atoms with Crippen molar-refractivity contribution in [2.45, 2.75) is 57.3 Å². The van der Waals surface area contributed by atoms with Crippen molar-refractivity contribution in [3.63, 3.8) is 0 Å². The molecule has 208 valence electrons. The van der Waals surface area contributed by atoms with E-state index in [0.29, 0.717) is 39.5 Å². The Labute approximate surface area is 242 Å². The highest BCUT2D eigenvalue weighted by atomic mass is 35.5. The van der Waals surface area contributed by atoms with Crippen molar-refractivity contribution in [1.82, 2.24) is 14.9 Å². The largest absolute Gasteiger partial charge is 0.477 e. The Morgan fingerprint density at radius 3 is 2.48 bits per heavy atom. The molecular formula is C30H30Cl2N4O4. The first kappa shape index (κ1) is 26.9. The number of carbonyl (C=O) groups is 1. The molecule has 1 saturated carbocycles. The van der Waals surface area contributed by atoms with Crippen molar-refractivity contribution < 1.29 is 19.2 Å². The summed E-state index contributed by atoms with van der Waals surface area (Å²) in [5.74, 6) is 0.278. The minimum Gasteiger partial charge on any atom is -0.477 e. The molecule has 1 aliphatic carbocycles. The molecule has 0 spiro atoms. The molecule has 0 radical (unpaired) electrons. The van der Waals surface area contributed by atoms with Gasteiger partial charge in [0.05, 0.1) is 28.5 Å². The fraction of sp³-hybridized carbons (Fsp3) is 0.367.